The van der Waals surface area contributed by atoms with Crippen LogP contribution in [0.5, 0.6) is 0 Å². The van der Waals surface area contributed by atoms with E-state index < -0.39 is 0 Å². The predicted molar refractivity (Wildman–Crippen MR) is 46.3 cm³/mol. The molecule has 0 aromatic rings. The topological polar surface area (TPSA) is 46.2 Å². The maximum absolute atomic E-state index is 8.68. The Morgan fingerprint density at radius 1 is 1.36 bits per heavy atom. The molecule has 0 unspecified atom stereocenters. The summed E-state index contributed by atoms with van der Waals surface area (Å²) in [6, 6.07) is 0.0237. The third-order valence-corrected chi connectivity index (χ3v) is 2.65. The molecule has 1 fully saturated rings. The second kappa shape index (κ2) is 4.73. The van der Waals surface area contributed by atoms with E-state index in [2.05, 4.69) is 0 Å². The van der Waals surface area contributed by atoms with Gasteiger partial charge in [0.2, 0.25) is 0 Å². The van der Waals surface area contributed by atoms with Crippen molar-refractivity contribution < 1.29 is 5.11 Å². The molecule has 66 valence electrons. The molecule has 2 nitrogen and oxygen atoms in total. The zero-order valence-electron chi connectivity index (χ0n) is 7.13. The van der Waals surface area contributed by atoms with Crippen LogP contribution in [0.1, 0.15) is 38.5 Å². The third kappa shape index (κ3) is 3.21. The Balaban J connectivity index is 2.01. The van der Waals surface area contributed by atoms with Crippen LogP contribution in [0.25, 0.3) is 0 Å². The lowest BCUT2D eigenvalue weighted by Crippen LogP contribution is -2.24. The summed E-state index contributed by atoms with van der Waals surface area (Å²) in [6.07, 6.45) is 7.80. The lowest BCUT2D eigenvalue weighted by Gasteiger charge is -2.11. The lowest BCUT2D eigenvalue weighted by atomic mass is 9.99. The lowest BCUT2D eigenvalue weighted by molar-refractivity contribution is 0.252. The van der Waals surface area contributed by atoms with Crippen molar-refractivity contribution in [2.75, 3.05) is 6.61 Å². The molecular formula is C9H19NO. The molecule has 3 N–H and O–H groups in total. The van der Waals surface area contributed by atoms with Gasteiger partial charge in [-0.1, -0.05) is 25.7 Å². The summed E-state index contributed by atoms with van der Waals surface area (Å²) in [5, 5.41) is 8.68. The molecule has 0 bridgehead atoms. The third-order valence-electron chi connectivity index (χ3n) is 2.65. The van der Waals surface area contributed by atoms with Gasteiger partial charge in [-0.3, -0.25) is 0 Å². The molecule has 0 aliphatic heterocycles. The Morgan fingerprint density at radius 3 is 2.55 bits per heavy atom. The first-order chi connectivity index (χ1) is 5.33. The zero-order valence-corrected chi connectivity index (χ0v) is 7.13. The first-order valence-electron chi connectivity index (χ1n) is 4.69. The average molecular weight is 157 g/mol. The fraction of sp³-hybridized carbons (Fsp3) is 1.00. The number of hydrogen-bond acceptors (Lipinski definition) is 2. The number of aliphatic hydroxyl groups excluding tert-OH is 1. The highest BCUT2D eigenvalue weighted by atomic mass is 16.3. The maximum atomic E-state index is 8.68. The van der Waals surface area contributed by atoms with Gasteiger partial charge >= 0.3 is 0 Å². The van der Waals surface area contributed by atoms with Gasteiger partial charge in [0.15, 0.2) is 0 Å². The van der Waals surface area contributed by atoms with Crippen LogP contribution in [0, 0.1) is 5.92 Å². The van der Waals surface area contributed by atoms with Gasteiger partial charge in [0, 0.05) is 6.04 Å². The summed E-state index contributed by atoms with van der Waals surface area (Å²) in [6.45, 7) is 0.146. The van der Waals surface area contributed by atoms with Gasteiger partial charge in [0.1, 0.15) is 0 Å². The highest BCUT2D eigenvalue weighted by molar-refractivity contribution is 4.70. The van der Waals surface area contributed by atoms with Crippen molar-refractivity contribution in [3.63, 3.8) is 0 Å². The molecule has 2 heteroatoms. The normalized spacial score (nSPS) is 22.4. The summed E-state index contributed by atoms with van der Waals surface area (Å²) >= 11 is 0. The summed E-state index contributed by atoms with van der Waals surface area (Å²) < 4.78 is 0. The molecule has 11 heavy (non-hydrogen) atoms. The van der Waals surface area contributed by atoms with Crippen LogP contribution in [-0.4, -0.2) is 17.8 Å². The molecular weight excluding hydrogens is 138 g/mol. The van der Waals surface area contributed by atoms with E-state index in [9.17, 15) is 0 Å². The fourth-order valence-electron chi connectivity index (χ4n) is 1.84. The van der Waals surface area contributed by atoms with Crippen molar-refractivity contribution in [3.05, 3.63) is 0 Å². The van der Waals surface area contributed by atoms with Crippen LogP contribution in [0.2, 0.25) is 0 Å². The van der Waals surface area contributed by atoms with Gasteiger partial charge in [-0.15, -0.1) is 0 Å². The van der Waals surface area contributed by atoms with Gasteiger partial charge in [-0.05, 0) is 18.8 Å². The van der Waals surface area contributed by atoms with E-state index in [4.69, 9.17) is 10.8 Å². The van der Waals surface area contributed by atoms with Crippen LogP contribution in [0.4, 0.5) is 0 Å². The van der Waals surface area contributed by atoms with Crippen LogP contribution in [0.3, 0.4) is 0 Å². The average Bonchev–Trinajstić information content (AvgIpc) is 2.52. The van der Waals surface area contributed by atoms with Crippen LogP contribution in [0.15, 0.2) is 0 Å². The minimum atomic E-state index is 0.0237. The standard InChI is InChI=1S/C9H19NO/c10-9(7-11)6-5-8-3-1-2-4-8/h8-9,11H,1-7,10H2/t9-/m0/s1. The Hall–Kier alpha value is -0.0800. The largest absolute Gasteiger partial charge is 0.395 e. The first kappa shape index (κ1) is 9.01. The van der Waals surface area contributed by atoms with E-state index in [1.165, 1.54) is 32.1 Å². The van der Waals surface area contributed by atoms with Crippen molar-refractivity contribution in [1.29, 1.82) is 0 Å². The molecule has 0 radical (unpaired) electrons. The first-order valence-corrected chi connectivity index (χ1v) is 4.69. The molecule has 1 atom stereocenters. The van der Waals surface area contributed by atoms with Crippen molar-refractivity contribution in [2.24, 2.45) is 11.7 Å². The summed E-state index contributed by atoms with van der Waals surface area (Å²) in [5.41, 5.74) is 5.60. The highest BCUT2D eigenvalue weighted by Gasteiger charge is 2.15. The highest BCUT2D eigenvalue weighted by Crippen LogP contribution is 2.28. The Labute approximate surface area is 68.8 Å². The predicted octanol–water partition coefficient (Wildman–Crippen LogP) is 1.28. The number of hydrogen-bond donors (Lipinski definition) is 2. The molecule has 0 heterocycles. The molecule has 1 saturated carbocycles. The maximum Gasteiger partial charge on any atom is 0.0582 e. The van der Waals surface area contributed by atoms with Crippen LogP contribution < -0.4 is 5.73 Å². The molecule has 1 rings (SSSR count). The van der Waals surface area contributed by atoms with Crippen molar-refractivity contribution in [1.82, 2.24) is 0 Å². The number of aliphatic hydroxyl groups is 1. The second-order valence-corrected chi connectivity index (χ2v) is 3.67. The molecule has 0 amide bonds. The molecule has 0 aromatic carbocycles. The molecule has 1 aliphatic rings. The Morgan fingerprint density at radius 2 is 2.00 bits per heavy atom. The van der Waals surface area contributed by atoms with Crippen molar-refractivity contribution in [3.8, 4) is 0 Å². The molecule has 0 spiro atoms. The summed E-state index contributed by atoms with van der Waals surface area (Å²) in [4.78, 5) is 0. The van der Waals surface area contributed by atoms with Crippen molar-refractivity contribution >= 4 is 0 Å². The number of nitrogens with two attached hydrogens (primary N) is 1. The summed E-state index contributed by atoms with van der Waals surface area (Å²) in [5.74, 6) is 0.910. The van der Waals surface area contributed by atoms with E-state index in [1.807, 2.05) is 0 Å². The molecule has 0 saturated heterocycles. The number of rotatable bonds is 4. The smallest absolute Gasteiger partial charge is 0.0582 e. The zero-order chi connectivity index (χ0) is 8.10. The van der Waals surface area contributed by atoms with Gasteiger partial charge in [-0.25, -0.2) is 0 Å². The van der Waals surface area contributed by atoms with E-state index in [1.54, 1.807) is 0 Å². The SMILES string of the molecule is N[C@H](CO)CCC1CCCC1. The van der Waals surface area contributed by atoms with Gasteiger partial charge < -0.3 is 10.8 Å². The van der Waals surface area contributed by atoms with Crippen molar-refractivity contribution in [2.45, 2.75) is 44.6 Å². The Bertz CT molecular complexity index is 99.7. The Kier molecular flexibility index (Phi) is 3.87. The van der Waals surface area contributed by atoms with E-state index in [0.717, 1.165) is 12.3 Å². The van der Waals surface area contributed by atoms with E-state index in [0.29, 0.717) is 0 Å². The fourth-order valence-corrected chi connectivity index (χ4v) is 1.84. The second-order valence-electron chi connectivity index (χ2n) is 3.67. The van der Waals surface area contributed by atoms with Crippen LogP contribution in [-0.2, 0) is 0 Å². The van der Waals surface area contributed by atoms with Gasteiger partial charge in [0.25, 0.3) is 0 Å². The quantitative estimate of drug-likeness (QED) is 0.645. The van der Waals surface area contributed by atoms with Gasteiger partial charge in [0.05, 0.1) is 6.61 Å². The minimum absolute atomic E-state index is 0.0237. The van der Waals surface area contributed by atoms with E-state index >= 15 is 0 Å². The molecule has 1 aliphatic carbocycles. The van der Waals surface area contributed by atoms with Crippen LogP contribution >= 0.6 is 0 Å². The van der Waals surface area contributed by atoms with Gasteiger partial charge in [-0.2, -0.15) is 0 Å². The molecule has 0 aromatic heterocycles. The summed E-state index contributed by atoms with van der Waals surface area (Å²) in [7, 11) is 0. The monoisotopic (exact) mass is 157 g/mol. The minimum Gasteiger partial charge on any atom is -0.395 e. The van der Waals surface area contributed by atoms with E-state index in [-0.39, 0.29) is 12.6 Å².